The summed E-state index contributed by atoms with van der Waals surface area (Å²) in [6.45, 7) is 1.78. The smallest absolute Gasteiger partial charge is 0.293 e. The highest BCUT2D eigenvalue weighted by atomic mass is 79.9. The standard InChI is InChI=1S/C16H12BrClN4O/c1-10-15(20-19-13-6-2-4-11(17)8-13)16(23)22(21-10)14-7-3-5-12(18)9-14/h2-9,21H,1H3. The third-order valence-corrected chi connectivity index (χ3v) is 3.91. The van der Waals surface area contributed by atoms with Crippen LogP contribution in [-0.2, 0) is 0 Å². The van der Waals surface area contributed by atoms with Gasteiger partial charge < -0.3 is 0 Å². The van der Waals surface area contributed by atoms with E-state index < -0.39 is 0 Å². The molecule has 0 saturated carbocycles. The van der Waals surface area contributed by atoms with E-state index in [1.807, 2.05) is 24.3 Å². The van der Waals surface area contributed by atoms with Crippen LogP contribution in [0.4, 0.5) is 11.4 Å². The maximum absolute atomic E-state index is 12.5. The first-order valence-corrected chi connectivity index (χ1v) is 7.96. The molecule has 1 heterocycles. The van der Waals surface area contributed by atoms with Gasteiger partial charge in [0, 0.05) is 9.50 Å². The molecule has 3 rings (SSSR count). The summed E-state index contributed by atoms with van der Waals surface area (Å²) in [5.74, 6) is 0. The van der Waals surface area contributed by atoms with Crippen molar-refractivity contribution < 1.29 is 0 Å². The lowest BCUT2D eigenvalue weighted by Gasteiger charge is -2.00. The molecule has 1 aromatic heterocycles. The van der Waals surface area contributed by atoms with E-state index in [9.17, 15) is 4.79 Å². The predicted octanol–water partition coefficient (Wildman–Crippen LogP) is 5.31. The number of aromatic nitrogens is 2. The fourth-order valence-electron chi connectivity index (χ4n) is 2.10. The van der Waals surface area contributed by atoms with E-state index in [4.69, 9.17) is 11.6 Å². The van der Waals surface area contributed by atoms with Crippen LogP contribution in [0.15, 0.2) is 68.0 Å². The number of nitrogens with zero attached hydrogens (tertiary/aromatic N) is 3. The molecule has 2 aromatic carbocycles. The van der Waals surface area contributed by atoms with Gasteiger partial charge in [-0.15, -0.1) is 5.11 Å². The highest BCUT2D eigenvalue weighted by Crippen LogP contribution is 2.22. The second-order valence-corrected chi connectivity index (χ2v) is 6.24. The first-order chi connectivity index (χ1) is 11.0. The molecule has 3 aromatic rings. The Kier molecular flexibility index (Phi) is 4.45. The number of nitrogens with one attached hydrogen (secondary N) is 1. The van der Waals surface area contributed by atoms with Crippen molar-refractivity contribution in [3.8, 4) is 5.69 Å². The van der Waals surface area contributed by atoms with Crippen LogP contribution < -0.4 is 5.56 Å². The molecule has 0 spiro atoms. The predicted molar refractivity (Wildman–Crippen MR) is 94.5 cm³/mol. The average Bonchev–Trinajstić information content (AvgIpc) is 2.80. The zero-order valence-corrected chi connectivity index (χ0v) is 14.5. The van der Waals surface area contributed by atoms with Crippen molar-refractivity contribution in [1.29, 1.82) is 0 Å². The third kappa shape index (κ3) is 3.43. The Balaban J connectivity index is 2.00. The second kappa shape index (κ2) is 6.52. The Morgan fingerprint density at radius 2 is 1.91 bits per heavy atom. The molecular weight excluding hydrogens is 380 g/mol. The summed E-state index contributed by atoms with van der Waals surface area (Å²) >= 11 is 9.35. The first kappa shape index (κ1) is 15.7. The summed E-state index contributed by atoms with van der Waals surface area (Å²) in [7, 11) is 0. The van der Waals surface area contributed by atoms with Crippen LogP contribution in [0.25, 0.3) is 5.69 Å². The van der Waals surface area contributed by atoms with Crippen molar-refractivity contribution in [1.82, 2.24) is 9.78 Å². The summed E-state index contributed by atoms with van der Waals surface area (Å²) in [6, 6.07) is 14.4. The molecule has 0 radical (unpaired) electrons. The molecule has 0 amide bonds. The van der Waals surface area contributed by atoms with Gasteiger partial charge >= 0.3 is 0 Å². The summed E-state index contributed by atoms with van der Waals surface area (Å²) in [5.41, 5.74) is 1.94. The maximum atomic E-state index is 12.5. The van der Waals surface area contributed by atoms with E-state index in [1.165, 1.54) is 4.68 Å². The molecule has 0 atom stereocenters. The largest absolute Gasteiger partial charge is 0.299 e. The number of rotatable bonds is 3. The Morgan fingerprint density at radius 1 is 1.13 bits per heavy atom. The van der Waals surface area contributed by atoms with Crippen LogP contribution in [0.1, 0.15) is 5.69 Å². The van der Waals surface area contributed by atoms with Gasteiger partial charge in [0.2, 0.25) is 0 Å². The quantitative estimate of drug-likeness (QED) is 0.605. The lowest BCUT2D eigenvalue weighted by molar-refractivity contribution is 0.835. The Morgan fingerprint density at radius 3 is 2.65 bits per heavy atom. The Hall–Kier alpha value is -2.18. The molecule has 0 aliphatic rings. The number of H-pyrrole nitrogens is 1. The molecule has 23 heavy (non-hydrogen) atoms. The van der Waals surface area contributed by atoms with E-state index in [2.05, 4.69) is 31.3 Å². The SMILES string of the molecule is Cc1[nH]n(-c2cccc(Cl)c2)c(=O)c1N=Nc1cccc(Br)c1. The number of aromatic amines is 1. The molecule has 0 aliphatic carbocycles. The van der Waals surface area contributed by atoms with Gasteiger partial charge in [-0.25, -0.2) is 4.68 Å². The fraction of sp³-hybridized carbons (Fsp3) is 0.0625. The minimum atomic E-state index is -0.275. The first-order valence-electron chi connectivity index (χ1n) is 6.79. The van der Waals surface area contributed by atoms with Crippen molar-refractivity contribution in [3.63, 3.8) is 0 Å². The van der Waals surface area contributed by atoms with Crippen molar-refractivity contribution >= 4 is 38.9 Å². The maximum Gasteiger partial charge on any atom is 0.299 e. The summed E-state index contributed by atoms with van der Waals surface area (Å²) < 4.78 is 2.30. The van der Waals surface area contributed by atoms with E-state index in [0.29, 0.717) is 22.1 Å². The lowest BCUT2D eigenvalue weighted by Crippen LogP contribution is -2.13. The van der Waals surface area contributed by atoms with Crippen LogP contribution in [0.5, 0.6) is 0 Å². The van der Waals surface area contributed by atoms with Gasteiger partial charge in [0.25, 0.3) is 5.56 Å². The van der Waals surface area contributed by atoms with Crippen LogP contribution in [0, 0.1) is 6.92 Å². The van der Waals surface area contributed by atoms with Crippen molar-refractivity contribution in [2.75, 3.05) is 0 Å². The Labute approximate surface area is 145 Å². The third-order valence-electron chi connectivity index (χ3n) is 3.18. The van der Waals surface area contributed by atoms with Crippen LogP contribution in [0.3, 0.4) is 0 Å². The minimum absolute atomic E-state index is 0.268. The molecule has 0 bridgehead atoms. The molecule has 0 fully saturated rings. The lowest BCUT2D eigenvalue weighted by atomic mass is 10.3. The van der Waals surface area contributed by atoms with E-state index >= 15 is 0 Å². The van der Waals surface area contributed by atoms with Gasteiger partial charge in [-0.2, -0.15) is 5.11 Å². The van der Waals surface area contributed by atoms with Crippen molar-refractivity contribution in [2.45, 2.75) is 6.92 Å². The van der Waals surface area contributed by atoms with Gasteiger partial charge in [0.15, 0.2) is 5.69 Å². The minimum Gasteiger partial charge on any atom is -0.293 e. The number of aryl methyl sites for hydroxylation is 1. The van der Waals surface area contributed by atoms with E-state index in [-0.39, 0.29) is 11.2 Å². The van der Waals surface area contributed by atoms with Crippen LogP contribution in [0.2, 0.25) is 5.02 Å². The monoisotopic (exact) mass is 390 g/mol. The summed E-state index contributed by atoms with van der Waals surface area (Å²) in [6.07, 6.45) is 0. The second-order valence-electron chi connectivity index (χ2n) is 4.89. The van der Waals surface area contributed by atoms with Gasteiger partial charge in [-0.1, -0.05) is 39.7 Å². The molecule has 0 unspecified atom stereocenters. The molecule has 0 aliphatic heterocycles. The fourth-order valence-corrected chi connectivity index (χ4v) is 2.67. The van der Waals surface area contributed by atoms with Crippen molar-refractivity contribution in [3.05, 3.63) is 74.1 Å². The van der Waals surface area contributed by atoms with E-state index in [0.717, 1.165) is 4.47 Å². The zero-order valence-electron chi connectivity index (χ0n) is 12.1. The van der Waals surface area contributed by atoms with Gasteiger partial charge in [-0.05, 0) is 43.3 Å². The molecule has 1 N–H and O–H groups in total. The molecule has 116 valence electrons. The highest BCUT2D eigenvalue weighted by molar-refractivity contribution is 9.10. The topological polar surface area (TPSA) is 62.5 Å². The van der Waals surface area contributed by atoms with Gasteiger partial charge in [0.1, 0.15) is 0 Å². The number of azo groups is 1. The van der Waals surface area contributed by atoms with Crippen molar-refractivity contribution in [2.24, 2.45) is 10.2 Å². The van der Waals surface area contributed by atoms with E-state index in [1.54, 1.807) is 31.2 Å². The molecule has 7 heteroatoms. The van der Waals surface area contributed by atoms with Gasteiger partial charge in [-0.3, -0.25) is 9.89 Å². The molecule has 5 nitrogen and oxygen atoms in total. The number of benzene rings is 2. The van der Waals surface area contributed by atoms with Crippen LogP contribution in [-0.4, -0.2) is 9.78 Å². The zero-order chi connectivity index (χ0) is 16.4. The van der Waals surface area contributed by atoms with Gasteiger partial charge in [0.05, 0.1) is 17.1 Å². The molecule has 0 saturated heterocycles. The normalized spacial score (nSPS) is 11.3. The Bertz CT molecular complexity index is 945. The number of halogens is 2. The summed E-state index contributed by atoms with van der Waals surface area (Å²) in [4.78, 5) is 12.5. The average molecular weight is 392 g/mol. The summed E-state index contributed by atoms with van der Waals surface area (Å²) in [5, 5.41) is 11.8. The number of hydrogen-bond donors (Lipinski definition) is 1. The number of hydrogen-bond acceptors (Lipinski definition) is 3. The molecular formula is C16H12BrClN4O. The highest BCUT2D eigenvalue weighted by Gasteiger charge is 2.12. The van der Waals surface area contributed by atoms with Crippen LogP contribution >= 0.6 is 27.5 Å².